The molecule has 0 aliphatic carbocycles. The minimum absolute atomic E-state index is 0.0386. The Balaban J connectivity index is 1.69. The summed E-state index contributed by atoms with van der Waals surface area (Å²) in [5.41, 5.74) is 7.99. The van der Waals surface area contributed by atoms with Crippen LogP contribution in [0.2, 0.25) is 0 Å². The highest BCUT2D eigenvalue weighted by molar-refractivity contribution is 6.05. The summed E-state index contributed by atoms with van der Waals surface area (Å²) in [5, 5.41) is 4.74. The lowest BCUT2D eigenvalue weighted by Crippen LogP contribution is -2.38. The summed E-state index contributed by atoms with van der Waals surface area (Å²) in [7, 11) is 1.45. The van der Waals surface area contributed by atoms with E-state index >= 15 is 0 Å². The number of nitrogens with two attached hydrogens (primary N) is 1. The van der Waals surface area contributed by atoms with Crippen LogP contribution >= 0.6 is 0 Å². The van der Waals surface area contributed by atoms with E-state index in [-0.39, 0.29) is 11.5 Å². The van der Waals surface area contributed by atoms with Gasteiger partial charge in [-0.25, -0.2) is 9.48 Å². The number of aromatic amines is 1. The number of nitrogens with one attached hydrogen (secondary N) is 1. The third-order valence-corrected chi connectivity index (χ3v) is 5.83. The van der Waals surface area contributed by atoms with E-state index in [2.05, 4.69) is 4.98 Å². The second kappa shape index (κ2) is 10.7. The van der Waals surface area contributed by atoms with E-state index in [1.807, 2.05) is 73.8 Å². The quantitative estimate of drug-likeness (QED) is 0.371. The molecule has 2 heterocycles. The highest BCUT2D eigenvalue weighted by Crippen LogP contribution is 2.25. The Morgan fingerprint density at radius 2 is 1.75 bits per heavy atom. The molecule has 0 spiro atoms. The molecule has 9 nitrogen and oxygen atoms in total. The van der Waals surface area contributed by atoms with E-state index in [1.54, 1.807) is 10.8 Å². The van der Waals surface area contributed by atoms with Crippen molar-refractivity contribution in [1.29, 1.82) is 0 Å². The number of aromatic nitrogens is 4. The summed E-state index contributed by atoms with van der Waals surface area (Å²) in [6, 6.07) is 19.3. The Kier molecular flexibility index (Phi) is 7.29. The van der Waals surface area contributed by atoms with Gasteiger partial charge in [0, 0.05) is 37.0 Å². The lowest BCUT2D eigenvalue weighted by atomic mass is 10.1. The van der Waals surface area contributed by atoms with Crippen molar-refractivity contribution in [1.82, 2.24) is 19.3 Å². The molecule has 0 aliphatic heterocycles. The molecular weight excluding hydrogens is 456 g/mol. The predicted molar refractivity (Wildman–Crippen MR) is 142 cm³/mol. The Bertz CT molecular complexity index is 1500. The van der Waals surface area contributed by atoms with Gasteiger partial charge in [-0.05, 0) is 24.6 Å². The van der Waals surface area contributed by atoms with Crippen LogP contribution in [0.4, 0.5) is 11.5 Å². The van der Waals surface area contributed by atoms with Crippen molar-refractivity contribution in [2.45, 2.75) is 26.3 Å². The Hall–Kier alpha value is -4.66. The normalized spacial score (nSPS) is 11.2. The molecule has 1 amide bonds. The lowest BCUT2D eigenvalue weighted by molar-refractivity contribution is -0.113. The Labute approximate surface area is 208 Å². The van der Waals surface area contributed by atoms with Crippen molar-refractivity contribution in [3.8, 4) is 16.9 Å². The summed E-state index contributed by atoms with van der Waals surface area (Å²) in [6.07, 6.45) is 6.41. The van der Waals surface area contributed by atoms with E-state index in [0.717, 1.165) is 28.1 Å². The molecule has 0 fully saturated rings. The van der Waals surface area contributed by atoms with Crippen LogP contribution in [0, 0.1) is 0 Å². The monoisotopic (exact) mass is 484 g/mol. The number of hydrogen-bond donors (Lipinski definition) is 2. The van der Waals surface area contributed by atoms with Gasteiger partial charge in [0.25, 0.3) is 11.5 Å². The zero-order valence-electron chi connectivity index (χ0n) is 20.2. The van der Waals surface area contributed by atoms with E-state index in [4.69, 9.17) is 10.8 Å². The first-order chi connectivity index (χ1) is 17.4. The van der Waals surface area contributed by atoms with Gasteiger partial charge >= 0.3 is 5.69 Å². The SMILES string of the molecule is CCCCn1c(N)c(N(C)C(=O)/C=C/c2cn(-c3ccccc3)nc2-c2ccccc2)c(=O)[nH]c1=O. The number of para-hydroxylation sites is 1. The predicted octanol–water partition coefficient (Wildman–Crippen LogP) is 3.45. The number of unbranched alkanes of at least 4 members (excludes halogenated alkanes) is 1. The van der Waals surface area contributed by atoms with E-state index in [1.165, 1.54) is 17.7 Å². The zero-order valence-corrected chi connectivity index (χ0v) is 20.2. The van der Waals surface area contributed by atoms with Crippen molar-refractivity contribution in [2.75, 3.05) is 17.7 Å². The number of anilines is 2. The van der Waals surface area contributed by atoms with Gasteiger partial charge in [0.15, 0.2) is 5.69 Å². The summed E-state index contributed by atoms with van der Waals surface area (Å²) in [4.78, 5) is 41.2. The van der Waals surface area contributed by atoms with Crippen molar-refractivity contribution in [2.24, 2.45) is 0 Å². The number of nitrogen functional groups attached to an aromatic ring is 1. The van der Waals surface area contributed by atoms with E-state index in [0.29, 0.717) is 18.7 Å². The molecular formula is C27H28N6O3. The van der Waals surface area contributed by atoms with Crippen LogP contribution in [0.3, 0.4) is 0 Å². The first-order valence-electron chi connectivity index (χ1n) is 11.7. The highest BCUT2D eigenvalue weighted by atomic mass is 16.2. The van der Waals surface area contributed by atoms with Crippen LogP contribution in [0.5, 0.6) is 0 Å². The molecule has 36 heavy (non-hydrogen) atoms. The minimum Gasteiger partial charge on any atom is -0.383 e. The number of likely N-dealkylation sites (N-methyl/N-ethyl adjacent to an activating group) is 1. The molecule has 0 saturated heterocycles. The van der Waals surface area contributed by atoms with Gasteiger partial charge in [0.1, 0.15) is 5.82 Å². The van der Waals surface area contributed by atoms with Gasteiger partial charge in [-0.15, -0.1) is 0 Å². The van der Waals surface area contributed by atoms with Gasteiger partial charge in [0.05, 0.1) is 11.4 Å². The topological polar surface area (TPSA) is 119 Å². The molecule has 0 radical (unpaired) electrons. The summed E-state index contributed by atoms with van der Waals surface area (Å²) in [5.74, 6) is -0.511. The molecule has 0 aliphatic rings. The molecule has 2 aromatic carbocycles. The largest absolute Gasteiger partial charge is 0.383 e. The third kappa shape index (κ3) is 5.05. The second-order valence-corrected chi connectivity index (χ2v) is 8.31. The van der Waals surface area contributed by atoms with Gasteiger partial charge in [-0.2, -0.15) is 5.10 Å². The van der Waals surface area contributed by atoms with E-state index < -0.39 is 17.2 Å². The molecule has 0 saturated carbocycles. The van der Waals surface area contributed by atoms with Crippen LogP contribution in [0.25, 0.3) is 23.0 Å². The fourth-order valence-electron chi connectivity index (χ4n) is 3.87. The second-order valence-electron chi connectivity index (χ2n) is 8.31. The first-order valence-corrected chi connectivity index (χ1v) is 11.7. The number of hydrogen-bond acceptors (Lipinski definition) is 5. The molecule has 2 aromatic heterocycles. The van der Waals surface area contributed by atoms with Gasteiger partial charge in [-0.3, -0.25) is 19.1 Å². The molecule has 0 bridgehead atoms. The summed E-state index contributed by atoms with van der Waals surface area (Å²) < 4.78 is 3.04. The van der Waals surface area contributed by atoms with Gasteiger partial charge in [-0.1, -0.05) is 61.9 Å². The molecule has 3 N–H and O–H groups in total. The van der Waals surface area contributed by atoms with Crippen LogP contribution in [0.1, 0.15) is 25.3 Å². The number of carbonyl (C=O) groups is 1. The van der Waals surface area contributed by atoms with Crippen molar-refractivity contribution < 1.29 is 4.79 Å². The molecule has 0 atom stereocenters. The molecule has 0 unspecified atom stereocenters. The maximum atomic E-state index is 13.1. The van der Waals surface area contributed by atoms with Crippen LogP contribution in [-0.2, 0) is 11.3 Å². The van der Waals surface area contributed by atoms with Crippen LogP contribution < -0.4 is 21.9 Å². The fraction of sp³-hybridized carbons (Fsp3) is 0.185. The van der Waals surface area contributed by atoms with Gasteiger partial charge in [0.2, 0.25) is 0 Å². The van der Waals surface area contributed by atoms with Crippen molar-refractivity contribution in [3.05, 3.63) is 99.3 Å². The van der Waals surface area contributed by atoms with Crippen LogP contribution in [-0.4, -0.2) is 32.3 Å². The maximum absolute atomic E-state index is 13.1. The third-order valence-electron chi connectivity index (χ3n) is 5.83. The summed E-state index contributed by atoms with van der Waals surface area (Å²) in [6.45, 7) is 2.33. The van der Waals surface area contributed by atoms with Crippen molar-refractivity contribution >= 4 is 23.5 Å². The molecule has 184 valence electrons. The zero-order chi connectivity index (χ0) is 25.7. The average molecular weight is 485 g/mol. The van der Waals surface area contributed by atoms with Crippen molar-refractivity contribution in [3.63, 3.8) is 0 Å². The summed E-state index contributed by atoms with van der Waals surface area (Å²) >= 11 is 0. The average Bonchev–Trinajstić information content (AvgIpc) is 3.32. The Morgan fingerprint density at radius 3 is 2.42 bits per heavy atom. The van der Waals surface area contributed by atoms with Crippen LogP contribution in [0.15, 0.2) is 82.5 Å². The first kappa shape index (κ1) is 24.5. The molecule has 9 heteroatoms. The number of amides is 1. The Morgan fingerprint density at radius 1 is 1.08 bits per heavy atom. The van der Waals surface area contributed by atoms with E-state index in [9.17, 15) is 14.4 Å². The fourth-order valence-corrected chi connectivity index (χ4v) is 3.87. The molecule has 4 aromatic rings. The van der Waals surface area contributed by atoms with Gasteiger partial charge < -0.3 is 10.6 Å². The maximum Gasteiger partial charge on any atom is 0.330 e. The molecule has 4 rings (SSSR count). The number of rotatable bonds is 8. The number of H-pyrrole nitrogens is 1. The highest BCUT2D eigenvalue weighted by Gasteiger charge is 2.20. The lowest BCUT2D eigenvalue weighted by Gasteiger charge is -2.19. The minimum atomic E-state index is -0.712. The number of nitrogens with zero attached hydrogens (tertiary/aromatic N) is 4. The number of carbonyl (C=O) groups excluding carboxylic acids is 1. The smallest absolute Gasteiger partial charge is 0.330 e. The standard InChI is InChI=1S/C27H28N6O3/c1-3-4-17-32-25(28)24(26(35)29-27(32)36)31(2)22(34)16-15-20-18-33(21-13-9-6-10-14-21)30-23(20)19-11-7-5-8-12-19/h5-16,18H,3-4,17,28H2,1-2H3,(H,29,35,36)/b16-15+. The number of benzene rings is 2.